The number of nitrogens with one attached hydrogen (secondary N) is 1. The van der Waals surface area contributed by atoms with E-state index in [1.54, 1.807) is 29.2 Å². The Morgan fingerprint density at radius 2 is 1.63 bits per heavy atom. The van der Waals surface area contributed by atoms with Gasteiger partial charge in [-0.15, -0.1) is 0 Å². The largest absolute Gasteiger partial charge is 0.490 e. The van der Waals surface area contributed by atoms with Crippen LogP contribution in [0.1, 0.15) is 57.7 Å². The van der Waals surface area contributed by atoms with Crippen LogP contribution < -0.4 is 10.1 Å². The molecular weight excluding hydrogens is 566 g/mol. The summed E-state index contributed by atoms with van der Waals surface area (Å²) in [6.45, 7) is 3.59. The number of carbonyl (C=O) groups is 2. The van der Waals surface area contributed by atoms with Crippen LogP contribution in [-0.2, 0) is 16.4 Å². The summed E-state index contributed by atoms with van der Waals surface area (Å²) < 4.78 is 29.3. The van der Waals surface area contributed by atoms with Gasteiger partial charge in [0.1, 0.15) is 17.5 Å². The lowest BCUT2D eigenvalue weighted by Gasteiger charge is -2.32. The lowest BCUT2D eigenvalue weighted by Crippen LogP contribution is -2.44. The second-order valence-electron chi connectivity index (χ2n) is 11.1. The van der Waals surface area contributed by atoms with Gasteiger partial charge in [-0.25, -0.2) is 8.42 Å². The number of ether oxygens (including phenoxy) is 1. The number of sulfone groups is 1. The van der Waals surface area contributed by atoms with Gasteiger partial charge in [0.2, 0.25) is 0 Å². The fraction of sp³-hybridized carbons (Fsp3) is 0.375. The van der Waals surface area contributed by atoms with E-state index < -0.39 is 9.84 Å². The van der Waals surface area contributed by atoms with Crippen LogP contribution in [-0.4, -0.2) is 79.6 Å². The minimum atomic E-state index is -3.26. The number of benzene rings is 2. The molecule has 11 heteroatoms. The number of nitriles is 1. The van der Waals surface area contributed by atoms with E-state index in [1.807, 2.05) is 24.3 Å². The Morgan fingerprint density at radius 1 is 0.953 bits per heavy atom. The molecule has 2 fully saturated rings. The molecule has 1 aromatic heterocycles. The van der Waals surface area contributed by atoms with Crippen molar-refractivity contribution < 1.29 is 22.7 Å². The van der Waals surface area contributed by atoms with Gasteiger partial charge in [-0.3, -0.25) is 19.5 Å². The molecule has 2 aliphatic rings. The summed E-state index contributed by atoms with van der Waals surface area (Å²) in [6, 6.07) is 19.4. The first kappa shape index (κ1) is 30.2. The maximum Gasteiger partial charge on any atom is 0.270 e. The Hall–Kier alpha value is -4.27. The first-order valence-corrected chi connectivity index (χ1v) is 16.3. The minimum Gasteiger partial charge on any atom is -0.490 e. The lowest BCUT2D eigenvalue weighted by molar-refractivity contribution is 0.0594. The van der Waals surface area contributed by atoms with Crippen molar-refractivity contribution in [2.45, 2.75) is 49.3 Å². The first-order chi connectivity index (χ1) is 20.7. The number of hydrogen-bond acceptors (Lipinski definition) is 8. The summed E-state index contributed by atoms with van der Waals surface area (Å²) in [7, 11) is -3.26. The molecule has 0 saturated carbocycles. The Morgan fingerprint density at radius 3 is 2.21 bits per heavy atom. The van der Waals surface area contributed by atoms with Gasteiger partial charge in [-0.2, -0.15) is 5.26 Å². The molecule has 0 radical (unpaired) electrons. The molecular formula is C32H35N5O5S. The van der Waals surface area contributed by atoms with Crippen LogP contribution in [0.15, 0.2) is 71.8 Å². The Bertz CT molecular complexity index is 1570. The van der Waals surface area contributed by atoms with E-state index in [-0.39, 0.29) is 34.5 Å². The predicted molar refractivity (Wildman–Crippen MR) is 160 cm³/mol. The van der Waals surface area contributed by atoms with Crippen molar-refractivity contribution in [3.8, 4) is 11.8 Å². The van der Waals surface area contributed by atoms with Gasteiger partial charge in [-0.05, 0) is 66.9 Å². The molecule has 3 aromatic rings. The number of likely N-dealkylation sites (tertiary alicyclic amines) is 2. The van der Waals surface area contributed by atoms with Crippen molar-refractivity contribution in [1.82, 2.24) is 20.1 Å². The minimum absolute atomic E-state index is 0.0639. The van der Waals surface area contributed by atoms with Gasteiger partial charge in [0, 0.05) is 64.1 Å². The quantitative estimate of drug-likeness (QED) is 0.415. The van der Waals surface area contributed by atoms with Crippen LogP contribution >= 0.6 is 0 Å². The Kier molecular flexibility index (Phi) is 9.38. The maximum atomic E-state index is 13.1. The highest BCUT2D eigenvalue weighted by Gasteiger charge is 2.26. The van der Waals surface area contributed by atoms with Gasteiger partial charge < -0.3 is 15.0 Å². The molecule has 224 valence electrons. The summed E-state index contributed by atoms with van der Waals surface area (Å²) in [4.78, 5) is 34.5. The third-order valence-electron chi connectivity index (χ3n) is 7.94. The van der Waals surface area contributed by atoms with Gasteiger partial charge in [-0.1, -0.05) is 12.1 Å². The number of piperidine rings is 2. The maximum absolute atomic E-state index is 13.1. The first-order valence-electron chi connectivity index (χ1n) is 14.4. The summed E-state index contributed by atoms with van der Waals surface area (Å²) in [5.74, 6) is 0.223. The third-order valence-corrected chi connectivity index (χ3v) is 9.07. The van der Waals surface area contributed by atoms with Crippen molar-refractivity contribution >= 4 is 21.7 Å². The van der Waals surface area contributed by atoms with Crippen molar-refractivity contribution in [1.29, 1.82) is 5.26 Å². The molecule has 0 spiro atoms. The number of amides is 2. The van der Waals surface area contributed by atoms with Crippen molar-refractivity contribution in [3.05, 3.63) is 89.2 Å². The Labute approximate surface area is 252 Å². The van der Waals surface area contributed by atoms with E-state index in [0.29, 0.717) is 42.8 Å². The number of pyridine rings is 1. The molecule has 0 unspecified atom stereocenters. The van der Waals surface area contributed by atoms with Crippen LogP contribution in [0.3, 0.4) is 0 Å². The number of carbonyl (C=O) groups excluding carboxylic acids is 2. The van der Waals surface area contributed by atoms with E-state index in [2.05, 4.69) is 21.3 Å². The highest BCUT2D eigenvalue weighted by atomic mass is 32.2. The molecule has 5 rings (SSSR count). The summed E-state index contributed by atoms with van der Waals surface area (Å²) in [5.41, 5.74) is 2.53. The molecule has 2 aliphatic heterocycles. The van der Waals surface area contributed by atoms with Crippen molar-refractivity contribution in [2.24, 2.45) is 0 Å². The topological polar surface area (TPSA) is 133 Å². The third kappa shape index (κ3) is 7.97. The van der Waals surface area contributed by atoms with Crippen molar-refractivity contribution in [2.75, 3.05) is 32.4 Å². The smallest absolute Gasteiger partial charge is 0.270 e. The van der Waals surface area contributed by atoms with E-state index in [1.165, 1.54) is 24.6 Å². The van der Waals surface area contributed by atoms with Gasteiger partial charge in [0.05, 0.1) is 22.1 Å². The second-order valence-corrected chi connectivity index (χ2v) is 13.1. The highest BCUT2D eigenvalue weighted by molar-refractivity contribution is 7.90. The standard InChI is InChI=1S/C32H35N5O5S/c1-43(40,41)29-9-7-27(8-10-29)42-28-14-18-37(19-15-28)32(39)25-6-11-30(34-21-25)31(38)35-26-12-16-36(17-13-26)22-24-4-2-23(20-33)3-5-24/h2-11,21,26,28H,12-19,22H2,1H3,(H,35,38). The van der Waals surface area contributed by atoms with E-state index in [4.69, 9.17) is 10.00 Å². The zero-order valence-electron chi connectivity index (χ0n) is 24.1. The molecule has 1 N–H and O–H groups in total. The van der Waals surface area contributed by atoms with E-state index >= 15 is 0 Å². The van der Waals surface area contributed by atoms with Crippen LogP contribution in [0.4, 0.5) is 0 Å². The number of aromatic nitrogens is 1. The molecule has 43 heavy (non-hydrogen) atoms. The van der Waals surface area contributed by atoms with Crippen LogP contribution in [0.2, 0.25) is 0 Å². The van der Waals surface area contributed by atoms with Crippen LogP contribution in [0, 0.1) is 11.3 Å². The summed E-state index contributed by atoms with van der Waals surface area (Å²) in [5, 5.41) is 12.0. The van der Waals surface area contributed by atoms with Gasteiger partial charge >= 0.3 is 0 Å². The molecule has 3 heterocycles. The SMILES string of the molecule is CS(=O)(=O)c1ccc(OC2CCN(C(=O)c3ccc(C(=O)NC4CCN(Cc5ccc(C#N)cc5)CC4)nc3)CC2)cc1. The molecule has 2 saturated heterocycles. The van der Waals surface area contributed by atoms with Crippen LogP contribution in [0.5, 0.6) is 5.75 Å². The lowest BCUT2D eigenvalue weighted by atomic mass is 10.0. The average molecular weight is 602 g/mol. The Balaban J connectivity index is 1.05. The zero-order valence-corrected chi connectivity index (χ0v) is 24.9. The van der Waals surface area contributed by atoms with Gasteiger partial charge in [0.15, 0.2) is 9.84 Å². The molecule has 0 atom stereocenters. The highest BCUT2D eigenvalue weighted by Crippen LogP contribution is 2.22. The van der Waals surface area contributed by atoms with E-state index in [9.17, 15) is 18.0 Å². The summed E-state index contributed by atoms with van der Waals surface area (Å²) in [6.07, 6.45) is 5.54. The zero-order chi connectivity index (χ0) is 30.4. The fourth-order valence-electron chi connectivity index (χ4n) is 5.41. The number of rotatable bonds is 8. The average Bonchev–Trinajstić information content (AvgIpc) is 3.02. The molecule has 2 aromatic carbocycles. The fourth-order valence-corrected chi connectivity index (χ4v) is 6.04. The van der Waals surface area contributed by atoms with Crippen molar-refractivity contribution in [3.63, 3.8) is 0 Å². The predicted octanol–water partition coefficient (Wildman–Crippen LogP) is 3.43. The second kappa shape index (κ2) is 13.4. The molecule has 0 bridgehead atoms. The van der Waals surface area contributed by atoms with E-state index in [0.717, 1.165) is 38.0 Å². The number of nitrogens with zero attached hydrogens (tertiary/aromatic N) is 4. The van der Waals surface area contributed by atoms with Crippen LogP contribution in [0.25, 0.3) is 0 Å². The monoisotopic (exact) mass is 601 g/mol. The normalized spacial score (nSPS) is 16.8. The van der Waals surface area contributed by atoms with Gasteiger partial charge in [0.25, 0.3) is 11.8 Å². The molecule has 2 amide bonds. The summed E-state index contributed by atoms with van der Waals surface area (Å²) >= 11 is 0. The molecule has 10 nitrogen and oxygen atoms in total. The number of hydrogen-bond donors (Lipinski definition) is 1. The molecule has 0 aliphatic carbocycles.